The van der Waals surface area contributed by atoms with E-state index in [0.717, 1.165) is 15.6 Å². The zero-order valence-corrected chi connectivity index (χ0v) is 20.5. The highest BCUT2D eigenvalue weighted by Gasteiger charge is 2.23. The average Bonchev–Trinajstić information content (AvgIpc) is 2.84. The van der Waals surface area contributed by atoms with Gasteiger partial charge in [-0.15, -0.1) is 0 Å². The van der Waals surface area contributed by atoms with E-state index >= 15 is 0 Å². The van der Waals surface area contributed by atoms with Crippen molar-refractivity contribution in [1.29, 1.82) is 0 Å². The summed E-state index contributed by atoms with van der Waals surface area (Å²) in [6.45, 7) is 2.50. The number of amides is 1. The van der Waals surface area contributed by atoms with Crippen LogP contribution in [-0.4, -0.2) is 10.8 Å². The maximum absolute atomic E-state index is 13.6. The van der Waals surface area contributed by atoms with Crippen molar-refractivity contribution >= 4 is 33.4 Å². The van der Waals surface area contributed by atoms with E-state index in [9.17, 15) is 4.79 Å². The van der Waals surface area contributed by atoms with Gasteiger partial charge < -0.3 is 9.64 Å². The zero-order chi connectivity index (χ0) is 23.2. The Kier molecular flexibility index (Phi) is 7.48. The lowest BCUT2D eigenvalue weighted by Crippen LogP contribution is -2.33. The first-order valence-electron chi connectivity index (χ1n) is 10.6. The summed E-state index contributed by atoms with van der Waals surface area (Å²) in [5.74, 6) is 1.39. The molecule has 4 aromatic carbocycles. The summed E-state index contributed by atoms with van der Waals surface area (Å²) in [5.41, 5.74) is 2.71. The molecule has 0 saturated heterocycles. The molecule has 166 valence electrons. The summed E-state index contributed by atoms with van der Waals surface area (Å²) in [6.07, 6.45) is 0. The van der Waals surface area contributed by atoms with Gasteiger partial charge in [-0.3, -0.25) is 4.79 Å². The molecule has 3 nitrogen and oxygen atoms in total. The highest BCUT2D eigenvalue weighted by molar-refractivity contribution is 9.10. The topological polar surface area (TPSA) is 29.5 Å². The zero-order valence-electron chi connectivity index (χ0n) is 18.1. The van der Waals surface area contributed by atoms with E-state index in [0.29, 0.717) is 28.6 Å². The highest BCUT2D eigenvalue weighted by Crippen LogP contribution is 2.28. The number of halogens is 2. The minimum Gasteiger partial charge on any atom is -0.457 e. The van der Waals surface area contributed by atoms with Crippen LogP contribution in [0.5, 0.6) is 11.5 Å². The van der Waals surface area contributed by atoms with Crippen molar-refractivity contribution in [3.05, 3.63) is 129 Å². The predicted molar refractivity (Wildman–Crippen MR) is 137 cm³/mol. The van der Waals surface area contributed by atoms with Crippen LogP contribution < -0.4 is 4.74 Å². The molecule has 4 aromatic rings. The Balaban J connectivity index is 1.61. The Morgan fingerprint density at radius 2 is 1.58 bits per heavy atom. The van der Waals surface area contributed by atoms with Crippen LogP contribution in [0.25, 0.3) is 0 Å². The number of rotatable bonds is 7. The van der Waals surface area contributed by atoms with Gasteiger partial charge in [0.05, 0.1) is 6.04 Å². The Morgan fingerprint density at radius 1 is 0.879 bits per heavy atom. The third-order valence-electron chi connectivity index (χ3n) is 5.40. The Labute approximate surface area is 207 Å². The van der Waals surface area contributed by atoms with Crippen LogP contribution in [0.15, 0.2) is 108 Å². The molecule has 0 aromatic heterocycles. The number of ether oxygens (including phenoxy) is 1. The number of carbonyl (C=O) groups is 1. The van der Waals surface area contributed by atoms with E-state index < -0.39 is 0 Å². The van der Waals surface area contributed by atoms with Crippen molar-refractivity contribution in [3.8, 4) is 11.5 Å². The van der Waals surface area contributed by atoms with Crippen LogP contribution in [0.3, 0.4) is 0 Å². The molecule has 5 heteroatoms. The van der Waals surface area contributed by atoms with Crippen LogP contribution in [0.2, 0.25) is 5.02 Å². The summed E-state index contributed by atoms with van der Waals surface area (Å²) in [5, 5.41) is 0.660. The Morgan fingerprint density at radius 3 is 2.27 bits per heavy atom. The molecule has 1 unspecified atom stereocenters. The lowest BCUT2D eigenvalue weighted by atomic mass is 10.0. The van der Waals surface area contributed by atoms with Crippen molar-refractivity contribution in [2.45, 2.75) is 19.5 Å². The number of carbonyl (C=O) groups excluding carboxylic acids is 1. The smallest absolute Gasteiger partial charge is 0.254 e. The quantitative estimate of drug-likeness (QED) is 0.245. The van der Waals surface area contributed by atoms with Crippen molar-refractivity contribution in [1.82, 2.24) is 4.90 Å². The number of hydrogen-bond acceptors (Lipinski definition) is 2. The molecule has 4 rings (SSSR count). The first-order valence-corrected chi connectivity index (χ1v) is 11.8. The second-order valence-corrected chi connectivity index (χ2v) is 9.08. The summed E-state index contributed by atoms with van der Waals surface area (Å²) in [7, 11) is 0. The van der Waals surface area contributed by atoms with E-state index in [2.05, 4.69) is 22.9 Å². The first kappa shape index (κ1) is 23.1. The van der Waals surface area contributed by atoms with Crippen LogP contribution in [0.4, 0.5) is 0 Å². The van der Waals surface area contributed by atoms with Crippen molar-refractivity contribution < 1.29 is 9.53 Å². The molecule has 0 spiro atoms. The van der Waals surface area contributed by atoms with E-state index in [1.807, 2.05) is 95.9 Å². The normalized spacial score (nSPS) is 11.6. The van der Waals surface area contributed by atoms with E-state index in [-0.39, 0.29) is 11.9 Å². The van der Waals surface area contributed by atoms with Crippen molar-refractivity contribution in [2.24, 2.45) is 0 Å². The van der Waals surface area contributed by atoms with E-state index in [1.54, 1.807) is 12.1 Å². The maximum atomic E-state index is 13.6. The number of hydrogen-bond donors (Lipinski definition) is 0. The van der Waals surface area contributed by atoms with Gasteiger partial charge in [0, 0.05) is 21.6 Å². The Hall–Kier alpha value is -3.08. The van der Waals surface area contributed by atoms with Gasteiger partial charge >= 0.3 is 0 Å². The lowest BCUT2D eigenvalue weighted by Gasteiger charge is -2.30. The van der Waals surface area contributed by atoms with Gasteiger partial charge in [0.1, 0.15) is 11.5 Å². The van der Waals surface area contributed by atoms with Crippen LogP contribution in [-0.2, 0) is 6.54 Å². The fraction of sp³-hybridized carbons (Fsp3) is 0.107. The number of nitrogens with zero attached hydrogens (tertiary/aromatic N) is 1. The van der Waals surface area contributed by atoms with E-state index in [4.69, 9.17) is 16.3 Å². The second-order valence-electron chi connectivity index (χ2n) is 7.73. The van der Waals surface area contributed by atoms with Crippen LogP contribution in [0, 0.1) is 0 Å². The molecule has 1 amide bonds. The fourth-order valence-electron chi connectivity index (χ4n) is 3.60. The SMILES string of the molecule is CC(c1ccccc1)N(Cc1cccc(Oc2ccc(Cl)cc2)c1)C(=O)c1ccc(Br)cc1. The summed E-state index contributed by atoms with van der Waals surface area (Å²) >= 11 is 9.41. The molecule has 0 saturated carbocycles. The minimum absolute atomic E-state index is 0.0251. The summed E-state index contributed by atoms with van der Waals surface area (Å²) < 4.78 is 6.93. The molecule has 0 bridgehead atoms. The van der Waals surface area contributed by atoms with E-state index in [1.165, 1.54) is 0 Å². The molecular weight excluding hydrogens is 498 g/mol. The average molecular weight is 521 g/mol. The lowest BCUT2D eigenvalue weighted by molar-refractivity contribution is 0.0674. The molecule has 1 atom stereocenters. The number of benzene rings is 4. The monoisotopic (exact) mass is 519 g/mol. The molecule has 33 heavy (non-hydrogen) atoms. The molecule has 0 fully saturated rings. The first-order chi connectivity index (χ1) is 16.0. The fourth-order valence-corrected chi connectivity index (χ4v) is 3.99. The molecule has 0 N–H and O–H groups in total. The molecule has 0 aliphatic carbocycles. The molecule has 0 aliphatic heterocycles. The van der Waals surface area contributed by atoms with Crippen molar-refractivity contribution in [3.63, 3.8) is 0 Å². The maximum Gasteiger partial charge on any atom is 0.254 e. The van der Waals surface area contributed by atoms with Gasteiger partial charge in [0.25, 0.3) is 5.91 Å². The third-order valence-corrected chi connectivity index (χ3v) is 6.18. The van der Waals surface area contributed by atoms with Gasteiger partial charge in [-0.05, 0) is 78.7 Å². The largest absolute Gasteiger partial charge is 0.457 e. The highest BCUT2D eigenvalue weighted by atomic mass is 79.9. The third kappa shape index (κ3) is 6.04. The minimum atomic E-state index is -0.108. The standard InChI is InChI=1S/C28H23BrClNO2/c1-20(22-7-3-2-4-8-22)31(28(32)23-10-12-24(29)13-11-23)19-21-6-5-9-27(18-21)33-26-16-14-25(30)15-17-26/h2-18,20H,19H2,1H3. The van der Waals surface area contributed by atoms with Gasteiger partial charge in [0.15, 0.2) is 0 Å². The summed E-state index contributed by atoms with van der Waals surface area (Å²) in [6, 6.07) is 32.5. The summed E-state index contributed by atoms with van der Waals surface area (Å²) in [4.78, 5) is 15.4. The van der Waals surface area contributed by atoms with Crippen LogP contribution >= 0.6 is 27.5 Å². The molecular formula is C28H23BrClNO2. The Bertz CT molecular complexity index is 1210. The molecule has 0 aliphatic rings. The van der Waals surface area contributed by atoms with Gasteiger partial charge in [0.2, 0.25) is 0 Å². The predicted octanol–water partition coefficient (Wildman–Crippen LogP) is 8.30. The van der Waals surface area contributed by atoms with Gasteiger partial charge in [-0.25, -0.2) is 0 Å². The van der Waals surface area contributed by atoms with Gasteiger partial charge in [-0.2, -0.15) is 0 Å². The van der Waals surface area contributed by atoms with Crippen molar-refractivity contribution in [2.75, 3.05) is 0 Å². The molecule has 0 radical (unpaired) electrons. The van der Waals surface area contributed by atoms with Crippen LogP contribution in [0.1, 0.15) is 34.5 Å². The van der Waals surface area contributed by atoms with Gasteiger partial charge in [-0.1, -0.05) is 70.0 Å². The molecule has 0 heterocycles. The second kappa shape index (κ2) is 10.7.